The van der Waals surface area contributed by atoms with Crippen molar-refractivity contribution in [1.29, 1.82) is 0 Å². The van der Waals surface area contributed by atoms with Crippen molar-refractivity contribution in [3.63, 3.8) is 0 Å². The van der Waals surface area contributed by atoms with Crippen molar-refractivity contribution in [2.75, 3.05) is 26.2 Å². The lowest BCUT2D eigenvalue weighted by molar-refractivity contribution is 0.158. The summed E-state index contributed by atoms with van der Waals surface area (Å²) in [6.07, 6.45) is 9.22. The SMILES string of the molecule is CCCN(CC1CCNCC1)C(C)c1cnccn1. The Bertz CT molecular complexity index is 348. The largest absolute Gasteiger partial charge is 0.317 e. The maximum absolute atomic E-state index is 4.46. The second kappa shape index (κ2) is 7.56. The van der Waals surface area contributed by atoms with Crippen LogP contribution in [0.25, 0.3) is 0 Å². The van der Waals surface area contributed by atoms with E-state index >= 15 is 0 Å². The molecule has 1 aromatic heterocycles. The second-order valence-corrected chi connectivity index (χ2v) is 5.49. The maximum Gasteiger partial charge on any atom is 0.0755 e. The number of aromatic nitrogens is 2. The summed E-state index contributed by atoms with van der Waals surface area (Å²) < 4.78 is 0. The molecule has 1 fully saturated rings. The van der Waals surface area contributed by atoms with Gasteiger partial charge in [-0.1, -0.05) is 6.92 Å². The molecule has 0 spiro atoms. The highest BCUT2D eigenvalue weighted by molar-refractivity contribution is 5.01. The lowest BCUT2D eigenvalue weighted by Crippen LogP contribution is -2.38. The summed E-state index contributed by atoms with van der Waals surface area (Å²) in [6, 6.07) is 0.364. The van der Waals surface area contributed by atoms with Crippen LogP contribution in [-0.4, -0.2) is 41.0 Å². The third kappa shape index (κ3) is 4.25. The molecule has 2 rings (SSSR count). The number of hydrogen-bond donors (Lipinski definition) is 1. The van der Waals surface area contributed by atoms with Gasteiger partial charge in [0.15, 0.2) is 0 Å². The molecule has 1 unspecified atom stereocenters. The van der Waals surface area contributed by atoms with Gasteiger partial charge in [0.2, 0.25) is 0 Å². The fraction of sp³-hybridized carbons (Fsp3) is 0.733. The normalized spacial score (nSPS) is 18.7. The molecule has 0 bridgehead atoms. The molecule has 0 saturated carbocycles. The van der Waals surface area contributed by atoms with Gasteiger partial charge < -0.3 is 5.32 Å². The van der Waals surface area contributed by atoms with Crippen LogP contribution in [0.3, 0.4) is 0 Å². The highest BCUT2D eigenvalue weighted by atomic mass is 15.2. The molecule has 0 amide bonds. The van der Waals surface area contributed by atoms with E-state index in [9.17, 15) is 0 Å². The van der Waals surface area contributed by atoms with Crippen molar-refractivity contribution < 1.29 is 0 Å². The number of nitrogens with zero attached hydrogens (tertiary/aromatic N) is 3. The first kappa shape index (κ1) is 14.4. The Hall–Kier alpha value is -1.00. The van der Waals surface area contributed by atoms with Gasteiger partial charge in [0.1, 0.15) is 0 Å². The molecule has 1 saturated heterocycles. The third-order valence-corrected chi connectivity index (χ3v) is 4.02. The molecule has 0 aliphatic carbocycles. The molecule has 4 heteroatoms. The van der Waals surface area contributed by atoms with Crippen molar-refractivity contribution >= 4 is 0 Å². The van der Waals surface area contributed by atoms with E-state index in [2.05, 4.69) is 34.0 Å². The molecule has 0 radical (unpaired) electrons. The topological polar surface area (TPSA) is 41.0 Å². The minimum Gasteiger partial charge on any atom is -0.317 e. The quantitative estimate of drug-likeness (QED) is 0.853. The number of rotatable bonds is 6. The summed E-state index contributed by atoms with van der Waals surface area (Å²) in [7, 11) is 0. The standard InChI is InChI=1S/C15H26N4/c1-3-10-19(12-14-4-6-16-7-5-14)13(2)15-11-17-8-9-18-15/h8-9,11,13-14,16H,3-7,10,12H2,1-2H3. The smallest absolute Gasteiger partial charge is 0.0755 e. The van der Waals surface area contributed by atoms with Crippen LogP contribution >= 0.6 is 0 Å². The zero-order valence-electron chi connectivity index (χ0n) is 12.2. The van der Waals surface area contributed by atoms with Gasteiger partial charge in [-0.3, -0.25) is 14.9 Å². The molecule has 4 nitrogen and oxygen atoms in total. The van der Waals surface area contributed by atoms with Crippen LogP contribution in [0.2, 0.25) is 0 Å². The van der Waals surface area contributed by atoms with Gasteiger partial charge in [0.05, 0.1) is 11.7 Å². The average Bonchev–Trinajstić information content (AvgIpc) is 2.48. The fourth-order valence-electron chi connectivity index (χ4n) is 2.84. The summed E-state index contributed by atoms with van der Waals surface area (Å²) in [5.74, 6) is 0.826. The Morgan fingerprint density at radius 3 is 2.79 bits per heavy atom. The second-order valence-electron chi connectivity index (χ2n) is 5.49. The predicted molar refractivity (Wildman–Crippen MR) is 77.9 cm³/mol. The average molecular weight is 262 g/mol. The van der Waals surface area contributed by atoms with Crippen LogP contribution in [-0.2, 0) is 0 Å². The Morgan fingerprint density at radius 2 is 2.16 bits per heavy atom. The van der Waals surface area contributed by atoms with Crippen LogP contribution in [0.1, 0.15) is 44.8 Å². The summed E-state index contributed by atoms with van der Waals surface area (Å²) in [5.41, 5.74) is 1.09. The van der Waals surface area contributed by atoms with Gasteiger partial charge in [-0.25, -0.2) is 0 Å². The van der Waals surface area contributed by atoms with Crippen molar-refractivity contribution in [2.24, 2.45) is 5.92 Å². The van der Waals surface area contributed by atoms with Crippen LogP contribution in [0.15, 0.2) is 18.6 Å². The van der Waals surface area contributed by atoms with E-state index in [1.165, 1.54) is 38.9 Å². The van der Waals surface area contributed by atoms with Gasteiger partial charge in [-0.15, -0.1) is 0 Å². The predicted octanol–water partition coefficient (Wildman–Crippen LogP) is 2.25. The molecule has 2 heterocycles. The lowest BCUT2D eigenvalue weighted by atomic mass is 9.96. The van der Waals surface area contributed by atoms with Crippen LogP contribution < -0.4 is 5.32 Å². The van der Waals surface area contributed by atoms with Gasteiger partial charge in [-0.05, 0) is 51.7 Å². The van der Waals surface area contributed by atoms with E-state index in [-0.39, 0.29) is 0 Å². The first-order valence-corrected chi connectivity index (χ1v) is 7.52. The molecule has 1 aliphatic rings. The first-order valence-electron chi connectivity index (χ1n) is 7.52. The van der Waals surface area contributed by atoms with Crippen LogP contribution in [0.4, 0.5) is 0 Å². The van der Waals surface area contributed by atoms with E-state index < -0.39 is 0 Å². The molecule has 1 N–H and O–H groups in total. The van der Waals surface area contributed by atoms with Crippen LogP contribution in [0.5, 0.6) is 0 Å². The number of piperidine rings is 1. The highest BCUT2D eigenvalue weighted by Gasteiger charge is 2.21. The summed E-state index contributed by atoms with van der Waals surface area (Å²) in [4.78, 5) is 11.2. The van der Waals surface area contributed by atoms with Crippen molar-refractivity contribution in [1.82, 2.24) is 20.2 Å². The Labute approximate surface area is 116 Å². The van der Waals surface area contributed by atoms with E-state index in [0.717, 1.165) is 18.2 Å². The zero-order chi connectivity index (χ0) is 13.5. The number of hydrogen-bond acceptors (Lipinski definition) is 4. The summed E-state index contributed by atoms with van der Waals surface area (Å²) >= 11 is 0. The Kier molecular flexibility index (Phi) is 5.73. The van der Waals surface area contributed by atoms with E-state index in [4.69, 9.17) is 0 Å². The molecule has 0 aromatic carbocycles. The van der Waals surface area contributed by atoms with Gasteiger partial charge >= 0.3 is 0 Å². The van der Waals surface area contributed by atoms with E-state index in [1.807, 2.05) is 6.20 Å². The molecule has 19 heavy (non-hydrogen) atoms. The third-order valence-electron chi connectivity index (χ3n) is 4.02. The number of nitrogens with one attached hydrogen (secondary N) is 1. The zero-order valence-corrected chi connectivity index (χ0v) is 12.2. The molecule has 1 atom stereocenters. The van der Waals surface area contributed by atoms with Gasteiger partial charge in [0, 0.05) is 25.1 Å². The molecule has 1 aliphatic heterocycles. The van der Waals surface area contributed by atoms with Crippen LogP contribution in [0, 0.1) is 5.92 Å². The summed E-state index contributed by atoms with van der Waals surface area (Å²) in [5, 5.41) is 3.44. The molecule has 106 valence electrons. The molecular formula is C15H26N4. The monoisotopic (exact) mass is 262 g/mol. The van der Waals surface area contributed by atoms with E-state index in [0.29, 0.717) is 6.04 Å². The van der Waals surface area contributed by atoms with Gasteiger partial charge in [-0.2, -0.15) is 0 Å². The summed E-state index contributed by atoms with van der Waals surface area (Å²) in [6.45, 7) is 9.17. The van der Waals surface area contributed by atoms with Crippen molar-refractivity contribution in [3.05, 3.63) is 24.3 Å². The minimum atomic E-state index is 0.364. The maximum atomic E-state index is 4.46. The highest BCUT2D eigenvalue weighted by Crippen LogP contribution is 2.22. The lowest BCUT2D eigenvalue weighted by Gasteiger charge is -2.33. The Balaban J connectivity index is 1.97. The molecular weight excluding hydrogens is 236 g/mol. The van der Waals surface area contributed by atoms with E-state index in [1.54, 1.807) is 12.4 Å². The van der Waals surface area contributed by atoms with Crippen molar-refractivity contribution in [3.8, 4) is 0 Å². The minimum absolute atomic E-state index is 0.364. The molecule has 1 aromatic rings. The van der Waals surface area contributed by atoms with Gasteiger partial charge in [0.25, 0.3) is 0 Å². The van der Waals surface area contributed by atoms with Crippen molar-refractivity contribution in [2.45, 2.75) is 39.2 Å². The first-order chi connectivity index (χ1) is 9.31. The fourth-order valence-corrected chi connectivity index (χ4v) is 2.84. The Morgan fingerprint density at radius 1 is 1.37 bits per heavy atom.